The Kier molecular flexibility index (Phi) is 4.87. The van der Waals surface area contributed by atoms with Gasteiger partial charge in [-0.3, -0.25) is 0 Å². The highest BCUT2D eigenvalue weighted by molar-refractivity contribution is 5.77. The first-order valence-electron chi connectivity index (χ1n) is 6.94. The lowest BCUT2D eigenvalue weighted by molar-refractivity contribution is -0.138. The highest BCUT2D eigenvalue weighted by atomic mass is 16.4. The maximum Gasteiger partial charge on any atom is 0.326 e. The Morgan fingerprint density at radius 1 is 1.24 bits per heavy atom. The average Bonchev–Trinajstić information content (AvgIpc) is 2.47. The van der Waals surface area contributed by atoms with Crippen molar-refractivity contribution in [1.82, 2.24) is 9.97 Å². The maximum absolute atomic E-state index is 11.3. The smallest absolute Gasteiger partial charge is 0.326 e. The molecule has 5 heteroatoms. The normalized spacial score (nSPS) is 12.1. The topological polar surface area (TPSA) is 75.1 Å². The summed E-state index contributed by atoms with van der Waals surface area (Å²) in [7, 11) is 0. The summed E-state index contributed by atoms with van der Waals surface area (Å²) in [6.45, 7) is 3.99. The van der Waals surface area contributed by atoms with Crippen LogP contribution in [-0.4, -0.2) is 27.1 Å². The molecule has 1 aromatic heterocycles. The molecule has 0 aliphatic heterocycles. The van der Waals surface area contributed by atoms with Gasteiger partial charge >= 0.3 is 5.97 Å². The van der Waals surface area contributed by atoms with Crippen molar-refractivity contribution in [3.05, 3.63) is 42.6 Å². The van der Waals surface area contributed by atoms with Gasteiger partial charge in [-0.05, 0) is 18.4 Å². The molecule has 0 amide bonds. The largest absolute Gasteiger partial charge is 0.480 e. The number of anilines is 1. The minimum atomic E-state index is -0.872. The summed E-state index contributed by atoms with van der Waals surface area (Å²) >= 11 is 0. The average molecular weight is 285 g/mol. The molecular formula is C16H19N3O2. The van der Waals surface area contributed by atoms with Gasteiger partial charge in [-0.15, -0.1) is 0 Å². The van der Waals surface area contributed by atoms with Crippen molar-refractivity contribution in [2.75, 3.05) is 5.32 Å². The van der Waals surface area contributed by atoms with Crippen molar-refractivity contribution in [3.8, 4) is 11.4 Å². The van der Waals surface area contributed by atoms with E-state index in [0.717, 1.165) is 5.56 Å². The van der Waals surface area contributed by atoms with E-state index in [1.165, 1.54) is 0 Å². The third-order valence-corrected chi connectivity index (χ3v) is 3.01. The molecule has 0 radical (unpaired) electrons. The molecule has 0 unspecified atom stereocenters. The Labute approximate surface area is 124 Å². The Balaban J connectivity index is 2.19. The lowest BCUT2D eigenvalue weighted by Crippen LogP contribution is -2.31. The summed E-state index contributed by atoms with van der Waals surface area (Å²) in [6.07, 6.45) is 2.17. The predicted octanol–water partition coefficient (Wildman–Crippen LogP) is 3.05. The Morgan fingerprint density at radius 3 is 2.57 bits per heavy atom. The van der Waals surface area contributed by atoms with Crippen molar-refractivity contribution >= 4 is 11.8 Å². The van der Waals surface area contributed by atoms with E-state index in [2.05, 4.69) is 15.3 Å². The number of hydrogen-bond acceptors (Lipinski definition) is 4. The van der Waals surface area contributed by atoms with E-state index >= 15 is 0 Å². The summed E-state index contributed by atoms with van der Waals surface area (Å²) in [5.41, 5.74) is 0.900. The lowest BCUT2D eigenvalue weighted by atomic mass is 10.0. The number of carbonyl (C=O) groups is 1. The van der Waals surface area contributed by atoms with Crippen LogP contribution in [0, 0.1) is 5.92 Å². The van der Waals surface area contributed by atoms with E-state index in [-0.39, 0.29) is 5.92 Å². The first-order valence-corrected chi connectivity index (χ1v) is 6.94. The molecule has 1 atom stereocenters. The van der Waals surface area contributed by atoms with Crippen molar-refractivity contribution in [2.45, 2.75) is 26.3 Å². The molecule has 0 spiro atoms. The molecule has 1 aromatic carbocycles. The fourth-order valence-electron chi connectivity index (χ4n) is 2.04. The van der Waals surface area contributed by atoms with Crippen molar-refractivity contribution in [3.63, 3.8) is 0 Å². The van der Waals surface area contributed by atoms with Crippen molar-refractivity contribution in [1.29, 1.82) is 0 Å². The first-order chi connectivity index (χ1) is 10.1. The fraction of sp³-hybridized carbons (Fsp3) is 0.312. The molecule has 5 nitrogen and oxygen atoms in total. The summed E-state index contributed by atoms with van der Waals surface area (Å²) in [6, 6.07) is 10.6. The molecule has 21 heavy (non-hydrogen) atoms. The Hall–Kier alpha value is -2.43. The molecule has 1 heterocycles. The Bertz CT molecular complexity index is 599. The van der Waals surface area contributed by atoms with E-state index < -0.39 is 12.0 Å². The fourth-order valence-corrected chi connectivity index (χ4v) is 2.04. The second kappa shape index (κ2) is 6.83. The van der Waals surface area contributed by atoms with Gasteiger partial charge in [-0.1, -0.05) is 44.2 Å². The van der Waals surface area contributed by atoms with Crippen LogP contribution in [0.2, 0.25) is 0 Å². The molecular weight excluding hydrogens is 266 g/mol. The molecule has 110 valence electrons. The van der Waals surface area contributed by atoms with E-state index in [9.17, 15) is 9.90 Å². The van der Waals surface area contributed by atoms with Gasteiger partial charge in [-0.25, -0.2) is 14.8 Å². The minimum Gasteiger partial charge on any atom is -0.480 e. The number of carboxylic acids is 1. The van der Waals surface area contributed by atoms with Crippen molar-refractivity contribution < 1.29 is 9.90 Å². The zero-order chi connectivity index (χ0) is 15.2. The van der Waals surface area contributed by atoms with Gasteiger partial charge in [0.25, 0.3) is 0 Å². The SMILES string of the molecule is CC(C)C[C@H](Nc1ccnc(-c2ccccc2)n1)C(=O)O. The van der Waals surface area contributed by atoms with Gasteiger partial charge in [0.2, 0.25) is 0 Å². The zero-order valence-corrected chi connectivity index (χ0v) is 12.2. The van der Waals surface area contributed by atoms with Crippen LogP contribution >= 0.6 is 0 Å². The Morgan fingerprint density at radius 2 is 1.95 bits per heavy atom. The van der Waals surface area contributed by atoms with Gasteiger partial charge in [0.05, 0.1) is 0 Å². The minimum absolute atomic E-state index is 0.286. The standard InChI is InChI=1S/C16H19N3O2/c1-11(2)10-13(16(20)21)18-14-8-9-17-15(19-14)12-6-4-3-5-7-12/h3-9,11,13H,10H2,1-2H3,(H,20,21)(H,17,18,19)/t13-/m0/s1. The first kappa shape index (κ1) is 15.0. The number of nitrogens with zero attached hydrogens (tertiary/aromatic N) is 2. The highest BCUT2D eigenvalue weighted by Gasteiger charge is 2.19. The van der Waals surface area contributed by atoms with E-state index in [1.54, 1.807) is 12.3 Å². The second-order valence-corrected chi connectivity index (χ2v) is 5.30. The van der Waals surface area contributed by atoms with Crippen LogP contribution in [0.25, 0.3) is 11.4 Å². The van der Waals surface area contributed by atoms with Crippen LogP contribution in [0.4, 0.5) is 5.82 Å². The monoisotopic (exact) mass is 285 g/mol. The number of benzene rings is 1. The highest BCUT2D eigenvalue weighted by Crippen LogP contribution is 2.17. The van der Waals surface area contributed by atoms with Crippen LogP contribution in [0.1, 0.15) is 20.3 Å². The van der Waals surface area contributed by atoms with Crippen LogP contribution in [0.3, 0.4) is 0 Å². The lowest BCUT2D eigenvalue weighted by Gasteiger charge is -2.17. The van der Waals surface area contributed by atoms with Crippen LogP contribution in [-0.2, 0) is 4.79 Å². The van der Waals surface area contributed by atoms with Gasteiger partial charge < -0.3 is 10.4 Å². The summed E-state index contributed by atoms with van der Waals surface area (Å²) in [4.78, 5) is 19.9. The van der Waals surface area contributed by atoms with E-state index in [0.29, 0.717) is 18.1 Å². The number of aliphatic carboxylic acids is 1. The molecule has 0 bridgehead atoms. The van der Waals surface area contributed by atoms with Crippen LogP contribution < -0.4 is 5.32 Å². The van der Waals surface area contributed by atoms with E-state index in [4.69, 9.17) is 0 Å². The zero-order valence-electron chi connectivity index (χ0n) is 12.2. The number of nitrogens with one attached hydrogen (secondary N) is 1. The number of hydrogen-bond donors (Lipinski definition) is 2. The van der Waals surface area contributed by atoms with Gasteiger partial charge in [0.15, 0.2) is 5.82 Å². The molecule has 0 aliphatic carbocycles. The molecule has 0 fully saturated rings. The summed E-state index contributed by atoms with van der Waals surface area (Å²) in [5, 5.41) is 12.2. The molecule has 2 aromatic rings. The summed E-state index contributed by atoms with van der Waals surface area (Å²) in [5.74, 6) is 0.517. The van der Waals surface area contributed by atoms with Crippen molar-refractivity contribution in [2.24, 2.45) is 5.92 Å². The number of aromatic nitrogens is 2. The van der Waals surface area contributed by atoms with Crippen LogP contribution in [0.5, 0.6) is 0 Å². The van der Waals surface area contributed by atoms with E-state index in [1.807, 2.05) is 44.2 Å². The van der Waals surface area contributed by atoms with Crippen LogP contribution in [0.15, 0.2) is 42.6 Å². The molecule has 0 saturated heterocycles. The van der Waals surface area contributed by atoms with Gasteiger partial charge in [0, 0.05) is 11.8 Å². The summed E-state index contributed by atoms with van der Waals surface area (Å²) < 4.78 is 0. The molecule has 2 N–H and O–H groups in total. The molecule has 0 aliphatic rings. The molecule has 0 saturated carbocycles. The third-order valence-electron chi connectivity index (χ3n) is 3.01. The maximum atomic E-state index is 11.3. The quantitative estimate of drug-likeness (QED) is 0.853. The molecule has 2 rings (SSSR count). The van der Waals surface area contributed by atoms with Gasteiger partial charge in [-0.2, -0.15) is 0 Å². The van der Waals surface area contributed by atoms with Gasteiger partial charge in [0.1, 0.15) is 11.9 Å². The number of rotatable bonds is 6. The third kappa shape index (κ3) is 4.27. The number of carboxylic acid groups (broad SMARTS) is 1. The predicted molar refractivity (Wildman–Crippen MR) is 82.0 cm³/mol. The second-order valence-electron chi connectivity index (χ2n) is 5.30.